The number of unbranched alkanes of at least 4 members (excludes halogenated alkanes) is 44. The van der Waals surface area contributed by atoms with Crippen molar-refractivity contribution in [3.63, 3.8) is 0 Å². The Kier molecular flexibility index (Phi) is 90.5. The molecule has 0 aromatic carbocycles. The predicted octanol–water partition coefficient (Wildman–Crippen LogP) is 19.1. The Labute approximate surface area is 517 Å². The van der Waals surface area contributed by atoms with Crippen LogP contribution in [0.5, 0.6) is 0 Å². The van der Waals surface area contributed by atoms with Crippen molar-refractivity contribution in [2.75, 3.05) is 0 Å². The molecular formula is C72H132O8Pt. The van der Waals surface area contributed by atoms with Crippen LogP contribution in [0.1, 0.15) is 387 Å². The number of carboxylic acids is 4. The number of aliphatic carboxylic acids is 4. The van der Waals surface area contributed by atoms with Gasteiger partial charge in [0.25, 0.3) is 0 Å². The van der Waals surface area contributed by atoms with E-state index in [-0.39, 0.29) is 46.7 Å². The SMILES string of the molecule is CCCCCCCC/C=C\CCCCCCCC(=O)[O-].CCCCCCCC/C=C\CCCCCCCC(=O)[O-].CCCCCCCC/C=C\CCCCCCCC(=O)[O-].CCCCCCCC/C=C\CCCCCCCC(=O)[O-].[Pt+4]. The van der Waals surface area contributed by atoms with Gasteiger partial charge >= 0.3 is 21.1 Å². The molecule has 0 amide bonds. The third kappa shape index (κ3) is 103. The van der Waals surface area contributed by atoms with Gasteiger partial charge in [0.15, 0.2) is 0 Å². The van der Waals surface area contributed by atoms with Crippen LogP contribution in [0.25, 0.3) is 0 Å². The van der Waals surface area contributed by atoms with Crippen LogP contribution in [0, 0.1) is 0 Å². The maximum atomic E-state index is 10.2. The molecule has 0 fully saturated rings. The van der Waals surface area contributed by atoms with E-state index in [4.69, 9.17) is 0 Å². The van der Waals surface area contributed by atoms with Crippen LogP contribution in [-0.2, 0) is 40.2 Å². The van der Waals surface area contributed by atoms with E-state index in [1.165, 1.54) is 257 Å². The molecule has 0 aliphatic carbocycles. The molecule has 0 aromatic heterocycles. The van der Waals surface area contributed by atoms with E-state index < -0.39 is 23.9 Å². The second kappa shape index (κ2) is 84.0. The monoisotopic (exact) mass is 1320 g/mol. The van der Waals surface area contributed by atoms with Gasteiger partial charge in [0.1, 0.15) is 0 Å². The Morgan fingerprint density at radius 1 is 0.198 bits per heavy atom. The molecule has 0 heterocycles. The van der Waals surface area contributed by atoms with Gasteiger partial charge in [-0.25, -0.2) is 0 Å². The van der Waals surface area contributed by atoms with E-state index in [2.05, 4.69) is 76.3 Å². The first-order valence-corrected chi connectivity index (χ1v) is 34.5. The van der Waals surface area contributed by atoms with Crippen molar-refractivity contribution in [3.05, 3.63) is 48.6 Å². The molecule has 8 nitrogen and oxygen atoms in total. The third-order valence-corrected chi connectivity index (χ3v) is 14.6. The van der Waals surface area contributed by atoms with Crippen molar-refractivity contribution in [1.29, 1.82) is 0 Å². The molecule has 0 unspecified atom stereocenters. The Hall–Kier alpha value is -2.47. The third-order valence-electron chi connectivity index (χ3n) is 14.6. The van der Waals surface area contributed by atoms with Crippen LogP contribution in [-0.4, -0.2) is 23.9 Å². The van der Waals surface area contributed by atoms with Gasteiger partial charge in [-0.05, 0) is 154 Å². The molecule has 9 heteroatoms. The van der Waals surface area contributed by atoms with Gasteiger partial charge in [0.2, 0.25) is 0 Å². The van der Waals surface area contributed by atoms with E-state index in [9.17, 15) is 39.6 Å². The maximum Gasteiger partial charge on any atom is 4.00 e. The molecule has 0 rings (SSSR count). The van der Waals surface area contributed by atoms with Gasteiger partial charge in [-0.2, -0.15) is 0 Å². The van der Waals surface area contributed by atoms with Crippen LogP contribution >= 0.6 is 0 Å². The Morgan fingerprint density at radius 2 is 0.309 bits per heavy atom. The molecular weight excluding hydrogens is 1190 g/mol. The zero-order chi connectivity index (χ0) is 59.6. The summed E-state index contributed by atoms with van der Waals surface area (Å²) < 4.78 is 0. The van der Waals surface area contributed by atoms with E-state index >= 15 is 0 Å². The molecule has 0 bridgehead atoms. The molecule has 478 valence electrons. The molecule has 0 saturated carbocycles. The summed E-state index contributed by atoms with van der Waals surface area (Å²) >= 11 is 0. The minimum atomic E-state index is -0.914. The number of allylic oxidation sites excluding steroid dienone is 8. The summed E-state index contributed by atoms with van der Waals surface area (Å²) in [5, 5.41) is 40.9. The molecule has 81 heavy (non-hydrogen) atoms. The first-order valence-electron chi connectivity index (χ1n) is 34.5. The van der Waals surface area contributed by atoms with Crippen molar-refractivity contribution >= 4 is 23.9 Å². The number of carbonyl (C=O) groups is 4. The molecule has 0 atom stereocenters. The second-order valence-electron chi connectivity index (χ2n) is 22.8. The van der Waals surface area contributed by atoms with Crippen LogP contribution in [0.3, 0.4) is 0 Å². The fourth-order valence-corrected chi connectivity index (χ4v) is 9.36. The van der Waals surface area contributed by atoms with Crippen molar-refractivity contribution in [3.8, 4) is 0 Å². The zero-order valence-electron chi connectivity index (χ0n) is 53.8. The van der Waals surface area contributed by atoms with Crippen molar-refractivity contribution in [2.45, 2.75) is 387 Å². The predicted molar refractivity (Wildman–Crippen MR) is 338 cm³/mol. The number of rotatable bonds is 60. The molecule has 0 aromatic rings. The topological polar surface area (TPSA) is 161 Å². The number of hydrogen-bond donors (Lipinski definition) is 0. The summed E-state index contributed by atoms with van der Waals surface area (Å²) in [6.07, 6.45) is 83.6. The summed E-state index contributed by atoms with van der Waals surface area (Å²) in [7, 11) is 0. The van der Waals surface area contributed by atoms with Gasteiger partial charge in [-0.1, -0.05) is 282 Å². The quantitative estimate of drug-likeness (QED) is 0.0430. The van der Waals surface area contributed by atoms with E-state index in [0.29, 0.717) is 0 Å². The van der Waals surface area contributed by atoms with E-state index in [1.54, 1.807) is 0 Å². The summed E-state index contributed by atoms with van der Waals surface area (Å²) in [6.45, 7) is 9.02. The van der Waals surface area contributed by atoms with Gasteiger partial charge in [-0.15, -0.1) is 0 Å². The number of carbonyl (C=O) groups excluding carboxylic acids is 4. The van der Waals surface area contributed by atoms with E-state index in [1.807, 2.05) is 0 Å². The van der Waals surface area contributed by atoms with Crippen molar-refractivity contribution < 1.29 is 60.7 Å². The Bertz CT molecular complexity index is 1140. The standard InChI is InChI=1S/4C18H34O2.Pt/c4*1-2-3-4-5-6-7-8-9-10-11-12-13-14-15-16-17-18(19)20;/h4*9-10H,2-8,11-17H2,1H3,(H,19,20);/q;;;;+4/p-4/b4*10-9-;. The first kappa shape index (κ1) is 87.3. The molecule has 0 saturated heterocycles. The Morgan fingerprint density at radius 3 is 0.432 bits per heavy atom. The minimum Gasteiger partial charge on any atom is -0.550 e. The minimum absolute atomic E-state index is 0. The maximum absolute atomic E-state index is 10.2. The average Bonchev–Trinajstić information content (AvgIpc) is 3.43. The van der Waals surface area contributed by atoms with Crippen LogP contribution in [0.4, 0.5) is 0 Å². The second-order valence-corrected chi connectivity index (χ2v) is 22.8. The molecule has 0 radical (unpaired) electrons. The van der Waals surface area contributed by atoms with Gasteiger partial charge < -0.3 is 39.6 Å². The summed E-state index contributed by atoms with van der Waals surface area (Å²) in [5.41, 5.74) is 0. The molecule has 0 aliphatic rings. The average molecular weight is 1320 g/mol. The largest absolute Gasteiger partial charge is 4.00 e. The first-order chi connectivity index (χ1) is 39.1. The summed E-state index contributed by atoms with van der Waals surface area (Å²) in [4.78, 5) is 40.9. The zero-order valence-corrected chi connectivity index (χ0v) is 56.1. The smallest absolute Gasteiger partial charge is 0.550 e. The Balaban J connectivity index is -0.000000316. The summed E-state index contributed by atoms with van der Waals surface area (Å²) in [6, 6.07) is 0. The molecule has 0 spiro atoms. The van der Waals surface area contributed by atoms with Gasteiger partial charge in [0, 0.05) is 23.9 Å². The van der Waals surface area contributed by atoms with Crippen molar-refractivity contribution in [1.82, 2.24) is 0 Å². The van der Waals surface area contributed by atoms with E-state index in [0.717, 1.165) is 77.0 Å². The van der Waals surface area contributed by atoms with Gasteiger partial charge in [0.05, 0.1) is 0 Å². The normalized spacial score (nSPS) is 11.1. The summed E-state index contributed by atoms with van der Waals surface area (Å²) in [5.74, 6) is -3.66. The fraction of sp³-hybridized carbons (Fsp3) is 0.833. The number of carboxylic acid groups (broad SMARTS) is 4. The molecule has 0 aliphatic heterocycles. The number of hydrogen-bond acceptors (Lipinski definition) is 8. The van der Waals surface area contributed by atoms with Crippen LogP contribution < -0.4 is 20.4 Å². The fourth-order valence-electron chi connectivity index (χ4n) is 9.36. The van der Waals surface area contributed by atoms with Gasteiger partial charge in [-0.3, -0.25) is 0 Å². The van der Waals surface area contributed by atoms with Crippen LogP contribution in [0.2, 0.25) is 0 Å². The van der Waals surface area contributed by atoms with Crippen molar-refractivity contribution in [2.24, 2.45) is 0 Å². The molecule has 0 N–H and O–H groups in total. The van der Waals surface area contributed by atoms with Crippen LogP contribution in [0.15, 0.2) is 48.6 Å².